The average molecular weight is 1830 g/mol. The molecule has 0 amide bonds. The van der Waals surface area contributed by atoms with E-state index in [0.29, 0.717) is 63.7 Å². The summed E-state index contributed by atoms with van der Waals surface area (Å²) in [4.78, 5) is 62.1. The van der Waals surface area contributed by atoms with E-state index in [4.69, 9.17) is 28.3 Å². The monoisotopic (exact) mass is 1830 g/mol. The van der Waals surface area contributed by atoms with E-state index in [1.807, 2.05) is 75.2 Å². The molecule has 8 aliphatic rings. The van der Waals surface area contributed by atoms with Crippen molar-refractivity contribution in [2.24, 2.45) is 14.1 Å². The second-order valence-corrected chi connectivity index (χ2v) is 35.7. The molecule has 4 aliphatic carbocycles. The van der Waals surface area contributed by atoms with Crippen molar-refractivity contribution >= 4 is 134 Å². The molecular formula is C94H113F4N31O5. The lowest BCUT2D eigenvalue weighted by Gasteiger charge is -2.39. The number of ether oxygens (including phenoxy) is 4. The van der Waals surface area contributed by atoms with Crippen molar-refractivity contribution in [2.45, 2.75) is 164 Å². The van der Waals surface area contributed by atoms with Crippen LogP contribution in [0.4, 0.5) is 63.7 Å². The van der Waals surface area contributed by atoms with Gasteiger partial charge in [0.15, 0.2) is 0 Å². The molecule has 36 nitrogen and oxygen atoms in total. The summed E-state index contributed by atoms with van der Waals surface area (Å²) in [5.74, 6) is 3.49. The number of fused-ring (bicyclic) bond motifs is 12. The minimum Gasteiger partial charge on any atom is -0.415 e. The standard InChI is InChI=1S/C24H30N8O.C23H25F2N7O2.C23H29N9O.C20H20F2N6.C4H9NO/c1-31-14-18(13-27-31)28-17-4-7-21-20(12-17)22-23(25-15-26-24(22)30-21)29-16-2-5-19(6-3-16)32-8-10-33-11-9-32;24-19(25)23-31-30-22(34-23)13-1-6-17-16(11-13)18-20(26-12-27-21(18)29-17)28-14-2-4-15(5-3-14)32-7-9-33-10-8-32;1-31-13-16(12-26-31)27-19-7-6-18-21(30-19)20-22(24-14-25-23(20)29-18)28-15-2-4-17(5-3-15)32-8-10-33-11-9-32;21-20(22)28-10-13(9-25-28)12-6-7-16-15(8-12)17-18(23-11-24-19(17)27-16)26-14-4-2-1-3-5-14;1-3-6-4-2-5-1/h4,7,12-16,19,28H,2-3,5-6,8-11H2,1H3,(H2,25,26,29,30);1,6,11-12,14-15,19H,2-5,7-10H2,(H2,26,27,28,29);6-7,12-15,17H,2-5,8-11H2,1H3,(H,27,30)(H2,24,25,28,29);6-11,14,20H,1-5H2,(H2,23,24,26,27);5H,1-4H2. The number of pyridine rings is 1. The Morgan fingerprint density at radius 1 is 0.388 bits per heavy atom. The van der Waals surface area contributed by atoms with Gasteiger partial charge in [-0.2, -0.15) is 32.9 Å². The summed E-state index contributed by atoms with van der Waals surface area (Å²) in [5, 5.41) is 50.8. The highest BCUT2D eigenvalue weighted by molar-refractivity contribution is 6.15. The minimum atomic E-state index is -2.80. The summed E-state index contributed by atoms with van der Waals surface area (Å²) in [7, 11) is 3.81. The summed E-state index contributed by atoms with van der Waals surface area (Å²) in [5.41, 5.74) is 12.7. The number of rotatable bonds is 19. The first-order valence-electron chi connectivity index (χ1n) is 47.0. The third-order valence-corrected chi connectivity index (χ3v) is 27.0. The number of nitrogens with zero attached hydrogens (tertiary/aromatic N) is 20. The van der Waals surface area contributed by atoms with Gasteiger partial charge in [-0.05, 0) is 156 Å². The fraction of sp³-hybridized carbons (Fsp3) is 0.468. The van der Waals surface area contributed by atoms with Crippen molar-refractivity contribution < 1.29 is 40.9 Å². The zero-order valence-corrected chi connectivity index (χ0v) is 75.2. The molecule has 0 radical (unpaired) electrons. The van der Waals surface area contributed by atoms with E-state index < -0.39 is 18.9 Å². The maximum atomic E-state index is 12.9. The fourth-order valence-corrected chi connectivity index (χ4v) is 20.1. The Labute approximate surface area is 768 Å². The van der Waals surface area contributed by atoms with E-state index in [0.717, 1.165) is 303 Å². The molecule has 16 aromatic rings. The molecule has 0 spiro atoms. The van der Waals surface area contributed by atoms with Gasteiger partial charge in [0.1, 0.15) is 82.5 Å². The predicted molar refractivity (Wildman–Crippen MR) is 507 cm³/mol. The van der Waals surface area contributed by atoms with Gasteiger partial charge in [-0.25, -0.2) is 49.5 Å². The molecule has 24 rings (SSSR count). The molecule has 0 atom stereocenters. The number of aromatic nitrogens is 21. The number of alkyl halides is 4. The van der Waals surface area contributed by atoms with Gasteiger partial charge < -0.3 is 80.5 Å². The fourth-order valence-electron chi connectivity index (χ4n) is 20.1. The maximum absolute atomic E-state index is 12.9. The van der Waals surface area contributed by atoms with Crippen LogP contribution in [-0.4, -0.2) is 267 Å². The number of H-pyrrole nitrogens is 4. The normalized spacial score (nSPS) is 20.8. The predicted octanol–water partition coefficient (Wildman–Crippen LogP) is 15.6. The third-order valence-electron chi connectivity index (χ3n) is 27.0. The van der Waals surface area contributed by atoms with Crippen molar-refractivity contribution in [3.05, 3.63) is 135 Å². The van der Waals surface area contributed by atoms with Gasteiger partial charge in [0, 0.05) is 177 Å². The average Bonchev–Trinajstić information content (AvgIpc) is 1.63. The van der Waals surface area contributed by atoms with Gasteiger partial charge in [-0.1, -0.05) is 25.3 Å². The van der Waals surface area contributed by atoms with Crippen molar-refractivity contribution in [1.29, 1.82) is 0 Å². The van der Waals surface area contributed by atoms with E-state index in [-0.39, 0.29) is 5.89 Å². The molecule has 134 heavy (non-hydrogen) atoms. The van der Waals surface area contributed by atoms with Crippen LogP contribution >= 0.6 is 0 Å². The molecule has 13 aromatic heterocycles. The van der Waals surface area contributed by atoms with Crippen LogP contribution in [0.5, 0.6) is 0 Å². The molecule has 8 fully saturated rings. The van der Waals surface area contributed by atoms with Gasteiger partial charge in [0.05, 0.1) is 110 Å². The Morgan fingerprint density at radius 2 is 0.813 bits per heavy atom. The van der Waals surface area contributed by atoms with Crippen LogP contribution in [0, 0.1) is 0 Å². The number of hydrogen-bond acceptors (Lipinski definition) is 29. The topological polar surface area (TPSA) is 402 Å². The SMILES string of the molecule is C1COCCN1.Cn1cc(Nc2ccc3[nH]c4ncnc(NC5CCC(N6CCOCC6)CC5)c4c3c2)cn1.Cn1cc(Nc2ccc3[nH]c4ncnc(NC5CCC(N6CCOCC6)CC5)c4c3n2)cn1.FC(F)c1nnc(-c2ccc3[nH]c4ncnc(NC5CCC(N6CCOCC6)CC5)c4c3c2)o1.FC(F)n1cc(-c2ccc3[nH]c4ncnc(NC5CCCCC5)c4c3c2)cn1. The summed E-state index contributed by atoms with van der Waals surface area (Å²) in [6.45, 7) is 12.6. The first-order valence-corrected chi connectivity index (χ1v) is 47.0. The molecule has 40 heteroatoms. The zero-order chi connectivity index (χ0) is 90.8. The highest BCUT2D eigenvalue weighted by atomic mass is 19.3. The summed E-state index contributed by atoms with van der Waals surface area (Å²) >= 11 is 0. The third kappa shape index (κ3) is 20.8. The lowest BCUT2D eigenvalue weighted by Crippen LogP contribution is -2.46. The molecule has 11 N–H and O–H groups in total. The number of morpholine rings is 4. The Hall–Kier alpha value is -12.7. The maximum Gasteiger partial charge on any atom is 0.333 e. The quantitative estimate of drug-likeness (QED) is 0.0335. The van der Waals surface area contributed by atoms with Gasteiger partial charge in [-0.3, -0.25) is 24.1 Å². The van der Waals surface area contributed by atoms with E-state index in [9.17, 15) is 17.6 Å². The van der Waals surface area contributed by atoms with Crippen molar-refractivity contribution in [1.82, 2.24) is 124 Å². The molecule has 4 saturated heterocycles. The molecule has 17 heterocycles. The highest BCUT2D eigenvalue weighted by Crippen LogP contribution is 2.41. The second kappa shape index (κ2) is 41.4. The van der Waals surface area contributed by atoms with E-state index in [1.165, 1.54) is 57.3 Å². The Morgan fingerprint density at radius 3 is 1.25 bits per heavy atom. The van der Waals surface area contributed by atoms with Gasteiger partial charge in [0.2, 0.25) is 5.89 Å². The van der Waals surface area contributed by atoms with E-state index in [2.05, 4.69) is 155 Å². The largest absolute Gasteiger partial charge is 0.415 e. The number of hydrogen-bond donors (Lipinski definition) is 11. The van der Waals surface area contributed by atoms with Crippen molar-refractivity contribution in [3.8, 4) is 22.6 Å². The molecule has 4 aliphatic heterocycles. The van der Waals surface area contributed by atoms with Crippen LogP contribution in [-0.2, 0) is 33.0 Å². The van der Waals surface area contributed by atoms with Gasteiger partial charge in [0.25, 0.3) is 5.89 Å². The number of aromatic amines is 4. The number of nitrogens with one attached hydrogen (secondary N) is 11. The lowest BCUT2D eigenvalue weighted by atomic mass is 9.90. The van der Waals surface area contributed by atoms with Crippen LogP contribution in [0.2, 0.25) is 0 Å². The minimum absolute atomic E-state index is 0.0549. The summed E-state index contributed by atoms with van der Waals surface area (Å²) in [6.07, 6.45) is 33.8. The van der Waals surface area contributed by atoms with Gasteiger partial charge in [-0.15, -0.1) is 10.2 Å². The summed E-state index contributed by atoms with van der Waals surface area (Å²) in [6, 6.07) is 25.1. The molecule has 0 unspecified atom stereocenters. The van der Waals surface area contributed by atoms with Crippen molar-refractivity contribution in [2.75, 3.05) is 137 Å². The molecule has 3 aromatic carbocycles. The van der Waals surface area contributed by atoms with Gasteiger partial charge >= 0.3 is 13.0 Å². The number of halogens is 4. The van der Waals surface area contributed by atoms with Crippen molar-refractivity contribution in [3.63, 3.8) is 0 Å². The summed E-state index contributed by atoms with van der Waals surface area (Å²) < 4.78 is 82.3. The molecule has 4 saturated carbocycles. The highest BCUT2D eigenvalue weighted by Gasteiger charge is 2.33. The first-order chi connectivity index (χ1) is 65.8. The molecule has 702 valence electrons. The van der Waals surface area contributed by atoms with E-state index >= 15 is 0 Å². The van der Waals surface area contributed by atoms with Crippen LogP contribution in [0.25, 0.3) is 110 Å². The Bertz CT molecular complexity index is 6390. The van der Waals surface area contributed by atoms with Crippen LogP contribution in [0.3, 0.4) is 0 Å². The molecule has 0 bridgehead atoms. The van der Waals surface area contributed by atoms with Crippen LogP contribution in [0.1, 0.15) is 128 Å². The number of benzene rings is 3. The first kappa shape index (κ1) is 89.2. The number of aryl methyl sites for hydroxylation is 2. The van der Waals surface area contributed by atoms with Crippen LogP contribution < -0.4 is 37.2 Å². The number of anilines is 8. The Kier molecular flexibility index (Phi) is 27.6. The molecular weight excluding hydrogens is 1720 g/mol. The van der Waals surface area contributed by atoms with Crippen LogP contribution in [0.15, 0.2) is 134 Å². The zero-order valence-electron chi connectivity index (χ0n) is 75.2. The Balaban J connectivity index is 0.000000109. The lowest BCUT2D eigenvalue weighted by molar-refractivity contribution is 0.00788. The smallest absolute Gasteiger partial charge is 0.333 e. The second-order valence-electron chi connectivity index (χ2n) is 35.7. The van der Waals surface area contributed by atoms with E-state index in [1.54, 1.807) is 46.9 Å².